The number of hydrogen-bond acceptors (Lipinski definition) is 2. The van der Waals surface area contributed by atoms with Gasteiger partial charge in [0.25, 0.3) is 0 Å². The predicted octanol–water partition coefficient (Wildman–Crippen LogP) is 3.94. The minimum Gasteiger partial charge on any atom is -0.465 e. The zero-order valence-corrected chi connectivity index (χ0v) is 10.9. The molecule has 1 aromatic carbocycles. The third-order valence-electron chi connectivity index (χ3n) is 1.74. The van der Waals surface area contributed by atoms with Crippen LogP contribution in [0.25, 0.3) is 5.57 Å². The monoisotopic (exact) mass is 308 g/mol. The molecule has 0 unspecified atom stereocenters. The van der Waals surface area contributed by atoms with Gasteiger partial charge in [-0.1, -0.05) is 45.7 Å². The largest absolute Gasteiger partial charge is 0.465 e. The molecule has 80 valence electrons. The lowest BCUT2D eigenvalue weighted by atomic mass is 10.1. The molecule has 0 amide bonds. The van der Waals surface area contributed by atoms with Crippen molar-refractivity contribution in [3.63, 3.8) is 0 Å². The van der Waals surface area contributed by atoms with Crippen molar-refractivity contribution in [3.8, 4) is 0 Å². The van der Waals surface area contributed by atoms with E-state index in [4.69, 9.17) is 23.2 Å². The first-order valence-electron chi connectivity index (χ1n) is 3.89. The highest BCUT2D eigenvalue weighted by molar-refractivity contribution is 9.10. The summed E-state index contributed by atoms with van der Waals surface area (Å²) < 4.78 is 5.16. The van der Waals surface area contributed by atoms with Crippen molar-refractivity contribution in [2.75, 3.05) is 7.11 Å². The van der Waals surface area contributed by atoms with E-state index >= 15 is 0 Å². The summed E-state index contributed by atoms with van der Waals surface area (Å²) in [6.45, 7) is 3.61. The molecule has 0 saturated heterocycles. The SMILES string of the molecule is C=C(C(=O)OC)c1c(Cl)cc(Cl)cc1Br. The van der Waals surface area contributed by atoms with E-state index in [1.54, 1.807) is 6.07 Å². The standard InChI is InChI=1S/C10H7BrCl2O2/c1-5(10(14)15-2)9-7(11)3-6(12)4-8(9)13/h3-4H,1H2,2H3. The number of rotatable bonds is 2. The first-order valence-corrected chi connectivity index (χ1v) is 5.44. The molecule has 0 radical (unpaired) electrons. The molecule has 0 spiro atoms. The van der Waals surface area contributed by atoms with Crippen molar-refractivity contribution in [1.82, 2.24) is 0 Å². The molecule has 0 aromatic heterocycles. The lowest BCUT2D eigenvalue weighted by molar-refractivity contribution is -0.133. The quantitative estimate of drug-likeness (QED) is 0.611. The van der Waals surface area contributed by atoms with Crippen LogP contribution in [0.2, 0.25) is 10.0 Å². The fourth-order valence-corrected chi connectivity index (χ4v) is 2.61. The molecule has 0 bridgehead atoms. The number of carbonyl (C=O) groups excluding carboxylic acids is 1. The van der Waals surface area contributed by atoms with Crippen LogP contribution in [-0.4, -0.2) is 13.1 Å². The molecular weight excluding hydrogens is 303 g/mol. The molecule has 2 nitrogen and oxygen atoms in total. The van der Waals surface area contributed by atoms with Gasteiger partial charge in [-0.3, -0.25) is 0 Å². The van der Waals surface area contributed by atoms with E-state index in [0.29, 0.717) is 20.1 Å². The maximum atomic E-state index is 11.3. The summed E-state index contributed by atoms with van der Waals surface area (Å²) in [5.41, 5.74) is 0.680. The Morgan fingerprint density at radius 2 is 2.07 bits per heavy atom. The molecule has 0 aliphatic rings. The van der Waals surface area contributed by atoms with Crippen molar-refractivity contribution in [1.29, 1.82) is 0 Å². The van der Waals surface area contributed by atoms with Gasteiger partial charge in [0.2, 0.25) is 0 Å². The zero-order valence-electron chi connectivity index (χ0n) is 7.81. The predicted molar refractivity (Wildman–Crippen MR) is 65.2 cm³/mol. The highest BCUT2D eigenvalue weighted by Gasteiger charge is 2.16. The van der Waals surface area contributed by atoms with Crippen molar-refractivity contribution in [2.24, 2.45) is 0 Å². The third-order valence-corrected chi connectivity index (χ3v) is 2.88. The molecular formula is C10H7BrCl2O2. The fraction of sp³-hybridized carbons (Fsp3) is 0.100. The Morgan fingerprint density at radius 3 is 2.53 bits per heavy atom. The summed E-state index contributed by atoms with van der Waals surface area (Å²) in [5.74, 6) is -0.528. The van der Waals surface area contributed by atoms with Crippen LogP contribution in [0.15, 0.2) is 23.2 Å². The molecule has 0 fully saturated rings. The minimum atomic E-state index is -0.528. The Kier molecular flexibility index (Phi) is 4.20. The number of benzene rings is 1. The zero-order chi connectivity index (χ0) is 11.6. The summed E-state index contributed by atoms with van der Waals surface area (Å²) >= 11 is 15.0. The van der Waals surface area contributed by atoms with E-state index in [1.165, 1.54) is 13.2 Å². The topological polar surface area (TPSA) is 26.3 Å². The summed E-state index contributed by atoms with van der Waals surface area (Å²) in [6.07, 6.45) is 0. The van der Waals surface area contributed by atoms with Crippen LogP contribution in [0.4, 0.5) is 0 Å². The Hall–Kier alpha value is -0.510. The summed E-state index contributed by atoms with van der Waals surface area (Å²) in [6, 6.07) is 3.17. The number of hydrogen-bond donors (Lipinski definition) is 0. The molecule has 0 aliphatic carbocycles. The summed E-state index contributed by atoms with van der Waals surface area (Å²) in [5, 5.41) is 0.832. The van der Waals surface area contributed by atoms with Crippen LogP contribution in [0.1, 0.15) is 5.56 Å². The van der Waals surface area contributed by atoms with Gasteiger partial charge in [-0.2, -0.15) is 0 Å². The van der Waals surface area contributed by atoms with Gasteiger partial charge in [0, 0.05) is 15.1 Å². The van der Waals surface area contributed by atoms with Gasteiger partial charge < -0.3 is 4.74 Å². The minimum absolute atomic E-state index is 0.186. The Bertz CT molecular complexity index is 406. The molecule has 0 N–H and O–H groups in total. The maximum absolute atomic E-state index is 11.3. The van der Waals surface area contributed by atoms with E-state index in [0.717, 1.165) is 0 Å². The van der Waals surface area contributed by atoms with E-state index in [-0.39, 0.29) is 5.57 Å². The lowest BCUT2D eigenvalue weighted by Crippen LogP contribution is -2.03. The molecule has 5 heteroatoms. The van der Waals surface area contributed by atoms with Gasteiger partial charge in [0.15, 0.2) is 0 Å². The lowest BCUT2D eigenvalue weighted by Gasteiger charge is -2.09. The molecule has 0 saturated carbocycles. The summed E-state index contributed by atoms with van der Waals surface area (Å²) in [4.78, 5) is 11.3. The number of methoxy groups -OCH3 is 1. The van der Waals surface area contributed by atoms with Gasteiger partial charge >= 0.3 is 5.97 Å². The first-order chi connectivity index (χ1) is 6.97. The van der Waals surface area contributed by atoms with Crippen molar-refractivity contribution >= 4 is 50.7 Å². The van der Waals surface area contributed by atoms with Crippen LogP contribution in [0, 0.1) is 0 Å². The third kappa shape index (κ3) is 2.74. The first kappa shape index (κ1) is 12.6. The Balaban J connectivity index is 3.26. The maximum Gasteiger partial charge on any atom is 0.337 e. The second-order valence-corrected chi connectivity index (χ2v) is 4.41. The van der Waals surface area contributed by atoms with Crippen LogP contribution in [0.3, 0.4) is 0 Å². The van der Waals surface area contributed by atoms with E-state index in [1.807, 2.05) is 0 Å². The average molecular weight is 310 g/mol. The summed E-state index contributed by atoms with van der Waals surface area (Å²) in [7, 11) is 1.28. The van der Waals surface area contributed by atoms with Gasteiger partial charge in [0.05, 0.1) is 17.7 Å². The Labute approximate surface area is 106 Å². The second kappa shape index (κ2) is 5.01. The van der Waals surface area contributed by atoms with Crippen molar-refractivity contribution in [2.45, 2.75) is 0 Å². The highest BCUT2D eigenvalue weighted by atomic mass is 79.9. The van der Waals surface area contributed by atoms with Crippen LogP contribution in [-0.2, 0) is 9.53 Å². The highest BCUT2D eigenvalue weighted by Crippen LogP contribution is 2.34. The molecule has 15 heavy (non-hydrogen) atoms. The van der Waals surface area contributed by atoms with Gasteiger partial charge in [0.1, 0.15) is 0 Å². The van der Waals surface area contributed by atoms with E-state index in [2.05, 4.69) is 27.2 Å². The average Bonchev–Trinajstić information content (AvgIpc) is 2.14. The van der Waals surface area contributed by atoms with Crippen LogP contribution < -0.4 is 0 Å². The van der Waals surface area contributed by atoms with E-state index < -0.39 is 5.97 Å². The molecule has 1 rings (SSSR count). The molecule has 1 aromatic rings. The number of esters is 1. The number of halogens is 3. The van der Waals surface area contributed by atoms with Gasteiger partial charge in [-0.25, -0.2) is 4.79 Å². The number of ether oxygens (including phenoxy) is 1. The van der Waals surface area contributed by atoms with Gasteiger partial charge in [-0.05, 0) is 12.1 Å². The van der Waals surface area contributed by atoms with Crippen LogP contribution in [0.5, 0.6) is 0 Å². The molecule has 0 heterocycles. The smallest absolute Gasteiger partial charge is 0.337 e. The van der Waals surface area contributed by atoms with Crippen molar-refractivity contribution in [3.05, 3.63) is 38.8 Å². The molecule has 0 atom stereocenters. The Morgan fingerprint density at radius 1 is 1.47 bits per heavy atom. The van der Waals surface area contributed by atoms with Crippen molar-refractivity contribution < 1.29 is 9.53 Å². The van der Waals surface area contributed by atoms with Crippen LogP contribution >= 0.6 is 39.1 Å². The normalized spacial score (nSPS) is 9.87. The number of carbonyl (C=O) groups is 1. The van der Waals surface area contributed by atoms with Gasteiger partial charge in [-0.15, -0.1) is 0 Å². The second-order valence-electron chi connectivity index (χ2n) is 2.71. The van der Waals surface area contributed by atoms with E-state index in [9.17, 15) is 4.79 Å². The fourth-order valence-electron chi connectivity index (χ4n) is 1.06. The molecule has 0 aliphatic heterocycles.